The number of nitrogens with zero attached hydrogens (tertiary/aromatic N) is 8. The van der Waals surface area contributed by atoms with Gasteiger partial charge in [0.2, 0.25) is 0 Å². The first-order valence-electron chi connectivity index (χ1n) is 12.9. The minimum absolute atomic E-state index is 0.0496. The Morgan fingerprint density at radius 1 is 0.867 bits per heavy atom. The summed E-state index contributed by atoms with van der Waals surface area (Å²) in [6.45, 7) is -9.93. The average molecular weight is 707 g/mol. The van der Waals surface area contributed by atoms with E-state index in [4.69, 9.17) is 56.5 Å². The van der Waals surface area contributed by atoms with Crippen LogP contribution < -0.4 is 11.5 Å². The van der Waals surface area contributed by atoms with Gasteiger partial charge in [-0.1, -0.05) is 5.69 Å². The van der Waals surface area contributed by atoms with Crippen molar-refractivity contribution in [3.63, 3.8) is 0 Å². The van der Waals surface area contributed by atoms with Crippen LogP contribution in [-0.4, -0.2) is 93.9 Å². The molecule has 240 valence electrons. The predicted octanol–water partition coefficient (Wildman–Crippen LogP) is 1.77. The zero-order valence-corrected chi connectivity index (χ0v) is 25.8. The van der Waals surface area contributed by atoms with Crippen LogP contribution in [0, 0.1) is 5.69 Å². The maximum atomic E-state index is 16.1. The Hall–Kier alpha value is -2.84. The van der Waals surface area contributed by atoms with Gasteiger partial charge in [-0.2, -0.15) is 0 Å². The number of aromatic nitrogens is 8. The summed E-state index contributed by atoms with van der Waals surface area (Å²) in [5.41, 5.74) is 18.0. The number of imidazole rings is 2. The summed E-state index contributed by atoms with van der Waals surface area (Å²) in [6, 6.07) is 0. The predicted molar refractivity (Wildman–Crippen MR) is 155 cm³/mol. The lowest BCUT2D eigenvalue weighted by Crippen LogP contribution is -2.37. The van der Waals surface area contributed by atoms with Gasteiger partial charge in [0.15, 0.2) is 47.7 Å². The highest BCUT2D eigenvalue weighted by Crippen LogP contribution is 2.60. The molecule has 0 bridgehead atoms. The molecule has 0 saturated carbocycles. The summed E-state index contributed by atoms with van der Waals surface area (Å²) >= 11 is 5.17. The zero-order chi connectivity index (χ0) is 31.7. The van der Waals surface area contributed by atoms with Gasteiger partial charge in [0.25, 0.3) is 0 Å². The van der Waals surface area contributed by atoms with Crippen molar-refractivity contribution >= 4 is 70.1 Å². The minimum atomic E-state index is -4.38. The van der Waals surface area contributed by atoms with Crippen molar-refractivity contribution in [2.45, 2.75) is 49.2 Å². The highest BCUT2D eigenvalue weighted by atomic mass is 32.7. The summed E-state index contributed by atoms with van der Waals surface area (Å²) in [6.07, 6.45) is -8.08. The van der Waals surface area contributed by atoms with E-state index >= 15 is 8.78 Å². The molecule has 7 rings (SSSR count). The minimum Gasteiger partial charge on any atom is -0.382 e. The van der Waals surface area contributed by atoms with Gasteiger partial charge < -0.3 is 30.4 Å². The summed E-state index contributed by atoms with van der Waals surface area (Å²) in [7, 11) is 0.182. The third-order valence-corrected chi connectivity index (χ3v) is 11.4. The summed E-state index contributed by atoms with van der Waals surface area (Å²) < 4.78 is 82.2. The van der Waals surface area contributed by atoms with Crippen molar-refractivity contribution in [3.8, 4) is 5.69 Å². The molecular weight excluding hydrogens is 684 g/mol. The standard InChI is InChI=1S/C21H22F2N10O8P2S2/c1-45-43(35)37-3-9-14(10(22)20(39-9)32-6-30-12-16(24)26-4-28-18(12)32)40-42(34,44)36-2-8-15(41-43)11(23)21(38-8)33-7-31-13-17(25)27-5-29-19(13)33/h1,4-11,14-15,20-21H,2-3H2,(H,34,44)(H2,24,26,28)(H2,25,27,29)/t8-,9-,10-,11-,14-,15-,20-,21-,42?,43-/m1/s1. The van der Waals surface area contributed by atoms with Gasteiger partial charge >= 0.3 is 13.5 Å². The molecule has 0 spiro atoms. The van der Waals surface area contributed by atoms with Crippen LogP contribution in [0.3, 0.4) is 0 Å². The van der Waals surface area contributed by atoms with Crippen LogP contribution in [0.15, 0.2) is 25.3 Å². The van der Waals surface area contributed by atoms with Gasteiger partial charge in [-0.3, -0.25) is 22.7 Å². The Balaban J connectivity index is 1.19. The molecule has 18 nitrogen and oxygen atoms in total. The molecule has 4 aromatic heterocycles. The van der Waals surface area contributed by atoms with Crippen LogP contribution in [0.2, 0.25) is 0 Å². The van der Waals surface area contributed by atoms with Crippen LogP contribution in [-0.2, 0) is 43.9 Å². The van der Waals surface area contributed by atoms with Crippen LogP contribution in [0.25, 0.3) is 22.3 Å². The van der Waals surface area contributed by atoms with E-state index < -0.39 is 75.9 Å². The Bertz CT molecular complexity index is 1930. The summed E-state index contributed by atoms with van der Waals surface area (Å²) in [5.74, 6) is 0.101. The molecule has 4 aromatic rings. The molecular formula is C21H22F2N10O8P2S2. The lowest BCUT2D eigenvalue weighted by Gasteiger charge is -2.29. The number of nitrogens with two attached hydrogens (primary N) is 2. The molecule has 0 radical (unpaired) electrons. The van der Waals surface area contributed by atoms with Gasteiger partial charge in [-0.25, -0.2) is 43.2 Å². The first-order chi connectivity index (χ1) is 21.5. The van der Waals surface area contributed by atoms with E-state index in [0.717, 1.165) is 12.7 Å². The van der Waals surface area contributed by atoms with Crippen molar-refractivity contribution < 1.29 is 45.8 Å². The molecule has 1 unspecified atom stereocenters. The van der Waals surface area contributed by atoms with Gasteiger partial charge in [-0.15, -0.1) is 0 Å². The van der Waals surface area contributed by atoms with E-state index in [1.165, 1.54) is 21.8 Å². The molecule has 3 aliphatic heterocycles. The number of hydrogen-bond donors (Lipinski definition) is 3. The molecule has 0 aromatic carbocycles. The summed E-state index contributed by atoms with van der Waals surface area (Å²) in [5, 5.41) is 0. The molecule has 3 saturated heterocycles. The Morgan fingerprint density at radius 2 is 1.36 bits per heavy atom. The Morgan fingerprint density at radius 3 is 1.87 bits per heavy atom. The molecule has 45 heavy (non-hydrogen) atoms. The highest BCUT2D eigenvalue weighted by molar-refractivity contribution is 8.48. The molecule has 3 fully saturated rings. The number of anilines is 2. The van der Waals surface area contributed by atoms with E-state index in [-0.39, 0.29) is 44.8 Å². The van der Waals surface area contributed by atoms with E-state index in [2.05, 4.69) is 29.9 Å². The van der Waals surface area contributed by atoms with Crippen molar-refractivity contribution in [1.82, 2.24) is 39.0 Å². The second-order valence-corrected chi connectivity index (χ2v) is 16.3. The first-order valence-corrected chi connectivity index (χ1v) is 18.5. The zero-order valence-electron chi connectivity index (χ0n) is 22.4. The van der Waals surface area contributed by atoms with Gasteiger partial charge in [0, 0.05) is 0 Å². The fraction of sp³-hybridized carbons (Fsp3) is 0.476. The Labute approximate surface area is 259 Å². The third-order valence-electron chi connectivity index (χ3n) is 7.29. The maximum Gasteiger partial charge on any atom is 0.418 e. The van der Waals surface area contributed by atoms with Crippen LogP contribution in [0.1, 0.15) is 12.5 Å². The molecule has 5 N–H and O–H groups in total. The van der Waals surface area contributed by atoms with Gasteiger partial charge in [0.05, 0.1) is 25.9 Å². The number of hydrogen-bond acceptors (Lipinski definition) is 16. The second-order valence-electron chi connectivity index (χ2n) is 9.94. The molecule has 24 heteroatoms. The van der Waals surface area contributed by atoms with Crippen LogP contribution in [0.5, 0.6) is 0 Å². The molecule has 10 atom stereocenters. The lowest BCUT2D eigenvalue weighted by atomic mass is 10.1. The third kappa shape index (κ3) is 5.40. The topological polar surface area (TPSA) is 232 Å². The Kier molecular flexibility index (Phi) is 7.83. The largest absolute Gasteiger partial charge is 0.418 e. The van der Waals surface area contributed by atoms with E-state index in [9.17, 15) is 9.46 Å². The molecule has 7 heterocycles. The maximum absolute atomic E-state index is 16.1. The number of ether oxygens (including phenoxy) is 2. The van der Waals surface area contributed by atoms with Crippen molar-refractivity contribution in [2.75, 3.05) is 24.7 Å². The smallest absolute Gasteiger partial charge is 0.382 e. The number of rotatable bonds is 2. The molecule has 3 aliphatic rings. The average Bonchev–Trinajstić information content (AvgIpc) is 3.77. The number of halogens is 2. The van der Waals surface area contributed by atoms with Crippen molar-refractivity contribution in [2.24, 2.45) is 0 Å². The summed E-state index contributed by atoms with van der Waals surface area (Å²) in [4.78, 5) is 35.1. The van der Waals surface area contributed by atoms with E-state index in [1.54, 1.807) is 0 Å². The highest BCUT2D eigenvalue weighted by Gasteiger charge is 2.54. The van der Waals surface area contributed by atoms with E-state index in [1.807, 2.05) is 0 Å². The molecule has 0 aliphatic carbocycles. The fourth-order valence-corrected chi connectivity index (χ4v) is 8.52. The van der Waals surface area contributed by atoms with Crippen LogP contribution in [0.4, 0.5) is 20.4 Å². The first kappa shape index (κ1) is 30.8. The van der Waals surface area contributed by atoms with Crippen molar-refractivity contribution in [3.05, 3.63) is 25.3 Å². The van der Waals surface area contributed by atoms with Crippen molar-refractivity contribution in [1.29, 1.82) is 0 Å². The normalized spacial score (nSPS) is 37.6. The second kappa shape index (κ2) is 11.4. The number of fused-ring (bicyclic) bond motifs is 4. The SMILES string of the molecule is C#S[P@]1(=O)OC[C@H]2O[C@@H](n3cnc4c(N)ncnc43)[C@H](F)[C@@H]2OP(O)(=S)OC[C@H]2O[C@@H](n3cnc4c(N)ncnc43)[C@H](F)[C@@H]2O1. The van der Waals surface area contributed by atoms with Crippen LogP contribution >= 0.6 is 24.3 Å². The fourth-order valence-electron chi connectivity index (χ4n) is 5.22. The number of alkyl halides is 2. The van der Waals surface area contributed by atoms with Gasteiger partial charge in [0.1, 0.15) is 48.1 Å². The lowest BCUT2D eigenvalue weighted by molar-refractivity contribution is -0.0564. The van der Waals surface area contributed by atoms with Gasteiger partial charge in [-0.05, 0) is 22.6 Å². The quantitative estimate of drug-likeness (QED) is 0.252. The molecule has 0 amide bonds. The number of nitrogen functional groups attached to an aromatic ring is 2. The monoisotopic (exact) mass is 706 g/mol. The van der Waals surface area contributed by atoms with E-state index in [0.29, 0.717) is 0 Å².